The Morgan fingerprint density at radius 3 is 2.71 bits per heavy atom. The normalized spacial score (nSPS) is 13.7. The molecule has 0 saturated carbocycles. The van der Waals surface area contributed by atoms with Crippen LogP contribution in [0.4, 0.5) is 0 Å². The summed E-state index contributed by atoms with van der Waals surface area (Å²) >= 11 is 0. The van der Waals surface area contributed by atoms with E-state index in [-0.39, 0.29) is 12.8 Å². The van der Waals surface area contributed by atoms with Gasteiger partial charge < -0.3 is 15.3 Å². The Balaban J connectivity index is 2.84. The van der Waals surface area contributed by atoms with Crippen molar-refractivity contribution in [2.45, 2.75) is 25.0 Å². The smallest absolute Gasteiger partial charge is 0.307 e. The maximum atomic E-state index is 10.5. The average Bonchev–Trinajstić information content (AvgIpc) is 2.28. The Labute approximate surface area is 98.6 Å². The van der Waals surface area contributed by atoms with Crippen molar-refractivity contribution in [2.75, 3.05) is 0 Å². The minimum Gasteiger partial charge on any atom is -0.481 e. The van der Waals surface area contributed by atoms with Crippen molar-refractivity contribution < 1.29 is 20.1 Å². The topological polar surface area (TPSA) is 102 Å². The van der Waals surface area contributed by atoms with Gasteiger partial charge in [0.05, 0.1) is 25.0 Å². The molecule has 0 saturated heterocycles. The Hall–Kier alpha value is -1.90. The summed E-state index contributed by atoms with van der Waals surface area (Å²) in [5.74, 6) is -0.964. The van der Waals surface area contributed by atoms with Crippen molar-refractivity contribution in [3.63, 3.8) is 0 Å². The van der Waals surface area contributed by atoms with Crippen LogP contribution in [0.5, 0.6) is 0 Å². The van der Waals surface area contributed by atoms with Gasteiger partial charge >= 0.3 is 5.97 Å². The number of carboxylic acids is 1. The standard InChI is InChI=1S/C12H13NO4/c13-5-4-10(14)12(17)9-3-1-2-8(6-9)7-11(15)16/h1-3,6,10,12,14,17H,4,7H2,(H,15,16). The Morgan fingerprint density at radius 1 is 1.41 bits per heavy atom. The fourth-order valence-corrected chi connectivity index (χ4v) is 1.49. The molecule has 5 nitrogen and oxygen atoms in total. The summed E-state index contributed by atoms with van der Waals surface area (Å²) < 4.78 is 0. The van der Waals surface area contributed by atoms with Gasteiger partial charge in [-0.05, 0) is 11.1 Å². The fraction of sp³-hybridized carbons (Fsp3) is 0.333. The van der Waals surface area contributed by atoms with Crippen LogP contribution in [0.2, 0.25) is 0 Å². The van der Waals surface area contributed by atoms with Gasteiger partial charge in [0.1, 0.15) is 6.10 Å². The van der Waals surface area contributed by atoms with Gasteiger partial charge in [0.25, 0.3) is 0 Å². The number of aliphatic hydroxyl groups is 2. The SMILES string of the molecule is N#CCC(O)C(O)c1cccc(CC(=O)O)c1. The molecule has 90 valence electrons. The van der Waals surface area contributed by atoms with Crippen LogP contribution in [0.3, 0.4) is 0 Å². The lowest BCUT2D eigenvalue weighted by Gasteiger charge is -2.16. The number of hydrogen-bond donors (Lipinski definition) is 3. The van der Waals surface area contributed by atoms with Crippen LogP contribution in [0.25, 0.3) is 0 Å². The number of nitriles is 1. The predicted octanol–water partition coefficient (Wildman–Crippen LogP) is 0.622. The molecule has 0 radical (unpaired) electrons. The van der Waals surface area contributed by atoms with Crippen LogP contribution in [-0.2, 0) is 11.2 Å². The molecule has 0 aliphatic carbocycles. The minimum atomic E-state index is -1.18. The highest BCUT2D eigenvalue weighted by atomic mass is 16.4. The van der Waals surface area contributed by atoms with Gasteiger partial charge in [-0.3, -0.25) is 4.79 Å². The molecular weight excluding hydrogens is 222 g/mol. The molecule has 0 aliphatic rings. The molecule has 1 rings (SSSR count). The summed E-state index contributed by atoms with van der Waals surface area (Å²) in [5, 5.41) is 36.2. The van der Waals surface area contributed by atoms with E-state index < -0.39 is 18.2 Å². The highest BCUT2D eigenvalue weighted by molar-refractivity contribution is 5.70. The molecule has 17 heavy (non-hydrogen) atoms. The quantitative estimate of drug-likeness (QED) is 0.694. The summed E-state index contributed by atoms with van der Waals surface area (Å²) in [7, 11) is 0. The molecule has 5 heteroatoms. The summed E-state index contributed by atoms with van der Waals surface area (Å²) in [6.07, 6.45) is -2.66. The van der Waals surface area contributed by atoms with Crippen LogP contribution in [0.1, 0.15) is 23.7 Å². The average molecular weight is 235 g/mol. The molecule has 3 N–H and O–H groups in total. The third-order valence-corrected chi connectivity index (χ3v) is 2.31. The first-order valence-electron chi connectivity index (χ1n) is 5.08. The van der Waals surface area contributed by atoms with Crippen molar-refractivity contribution in [1.82, 2.24) is 0 Å². The number of aliphatic carboxylic acids is 1. The van der Waals surface area contributed by atoms with E-state index in [2.05, 4.69) is 0 Å². The second kappa shape index (κ2) is 5.99. The van der Waals surface area contributed by atoms with E-state index in [0.717, 1.165) is 0 Å². The largest absolute Gasteiger partial charge is 0.481 e. The zero-order chi connectivity index (χ0) is 12.8. The molecule has 0 amide bonds. The fourth-order valence-electron chi connectivity index (χ4n) is 1.49. The predicted molar refractivity (Wildman–Crippen MR) is 59.0 cm³/mol. The van der Waals surface area contributed by atoms with Crippen molar-refractivity contribution in [2.24, 2.45) is 0 Å². The number of hydrogen-bond acceptors (Lipinski definition) is 4. The molecule has 0 heterocycles. The molecular formula is C12H13NO4. The van der Waals surface area contributed by atoms with Crippen molar-refractivity contribution >= 4 is 5.97 Å². The van der Waals surface area contributed by atoms with E-state index in [1.165, 1.54) is 6.07 Å². The van der Waals surface area contributed by atoms with Crippen LogP contribution in [0.15, 0.2) is 24.3 Å². The van der Waals surface area contributed by atoms with E-state index >= 15 is 0 Å². The highest BCUT2D eigenvalue weighted by Crippen LogP contribution is 2.20. The Morgan fingerprint density at radius 2 is 2.12 bits per heavy atom. The van der Waals surface area contributed by atoms with Gasteiger partial charge in [0.15, 0.2) is 0 Å². The molecule has 1 aromatic rings. The first kappa shape index (κ1) is 13.2. The molecule has 0 fully saturated rings. The molecule has 0 aromatic heterocycles. The monoisotopic (exact) mass is 235 g/mol. The number of rotatable bonds is 5. The maximum absolute atomic E-state index is 10.5. The van der Waals surface area contributed by atoms with Gasteiger partial charge in [-0.2, -0.15) is 5.26 Å². The molecule has 0 spiro atoms. The van der Waals surface area contributed by atoms with Crippen LogP contribution < -0.4 is 0 Å². The zero-order valence-electron chi connectivity index (χ0n) is 9.08. The second-order valence-electron chi connectivity index (χ2n) is 3.69. The summed E-state index contributed by atoms with van der Waals surface area (Å²) in [6.45, 7) is 0. The third-order valence-electron chi connectivity index (χ3n) is 2.31. The first-order chi connectivity index (χ1) is 8.04. The van der Waals surface area contributed by atoms with Gasteiger partial charge in [-0.25, -0.2) is 0 Å². The number of carboxylic acid groups (broad SMARTS) is 1. The van der Waals surface area contributed by atoms with E-state index in [0.29, 0.717) is 11.1 Å². The number of nitrogens with zero attached hydrogens (tertiary/aromatic N) is 1. The van der Waals surface area contributed by atoms with E-state index in [1.54, 1.807) is 24.3 Å². The summed E-state index contributed by atoms with van der Waals surface area (Å²) in [6, 6.07) is 8.09. The zero-order valence-corrected chi connectivity index (χ0v) is 9.08. The number of benzene rings is 1. The Kier molecular flexibility index (Phi) is 4.64. The maximum Gasteiger partial charge on any atom is 0.307 e. The van der Waals surface area contributed by atoms with E-state index in [9.17, 15) is 15.0 Å². The van der Waals surface area contributed by atoms with Crippen molar-refractivity contribution in [1.29, 1.82) is 5.26 Å². The van der Waals surface area contributed by atoms with Gasteiger partial charge in [0.2, 0.25) is 0 Å². The summed E-state index contributed by atoms with van der Waals surface area (Å²) in [4.78, 5) is 10.5. The lowest BCUT2D eigenvalue weighted by Crippen LogP contribution is -2.17. The van der Waals surface area contributed by atoms with E-state index in [4.69, 9.17) is 10.4 Å². The molecule has 2 unspecified atom stereocenters. The molecule has 0 aliphatic heterocycles. The summed E-state index contributed by atoms with van der Waals surface area (Å²) in [5.41, 5.74) is 0.949. The van der Waals surface area contributed by atoms with Crippen molar-refractivity contribution in [3.05, 3.63) is 35.4 Å². The third kappa shape index (κ3) is 3.87. The van der Waals surface area contributed by atoms with Crippen molar-refractivity contribution in [3.8, 4) is 6.07 Å². The molecule has 0 bridgehead atoms. The first-order valence-corrected chi connectivity index (χ1v) is 5.08. The molecule has 2 atom stereocenters. The minimum absolute atomic E-state index is 0.144. The van der Waals surface area contributed by atoms with Gasteiger partial charge in [-0.1, -0.05) is 24.3 Å². The van der Waals surface area contributed by atoms with Crippen LogP contribution in [0, 0.1) is 11.3 Å². The molecule has 1 aromatic carbocycles. The lowest BCUT2D eigenvalue weighted by atomic mass is 9.99. The van der Waals surface area contributed by atoms with Gasteiger partial charge in [-0.15, -0.1) is 0 Å². The van der Waals surface area contributed by atoms with Crippen LogP contribution in [-0.4, -0.2) is 27.4 Å². The second-order valence-corrected chi connectivity index (χ2v) is 3.69. The Bertz CT molecular complexity index is 438. The lowest BCUT2D eigenvalue weighted by molar-refractivity contribution is -0.136. The number of aliphatic hydroxyl groups excluding tert-OH is 2. The number of carbonyl (C=O) groups is 1. The van der Waals surface area contributed by atoms with Crippen LogP contribution >= 0.6 is 0 Å². The van der Waals surface area contributed by atoms with E-state index in [1.807, 2.05) is 0 Å². The highest BCUT2D eigenvalue weighted by Gasteiger charge is 2.18. The van der Waals surface area contributed by atoms with Gasteiger partial charge in [0, 0.05) is 0 Å².